The van der Waals surface area contributed by atoms with E-state index in [9.17, 15) is 13.6 Å². The van der Waals surface area contributed by atoms with E-state index in [1.165, 1.54) is 11.6 Å². The molecule has 0 aliphatic carbocycles. The number of nitrogens with one attached hydrogen (secondary N) is 1. The van der Waals surface area contributed by atoms with Crippen molar-refractivity contribution in [1.82, 2.24) is 0 Å². The number of halogens is 2. The Morgan fingerprint density at radius 1 is 0.905 bits per heavy atom. The number of rotatable bonds is 6. The van der Waals surface area contributed by atoms with Crippen molar-refractivity contribution in [3.05, 3.63) is 65.7 Å². The fourth-order valence-electron chi connectivity index (χ4n) is 2.08. The average Bonchev–Trinajstić information content (AvgIpc) is 2.49. The van der Waals surface area contributed by atoms with Crippen LogP contribution in [0.2, 0.25) is 0 Å². The molecular formula is C17H17F2NO. The van der Waals surface area contributed by atoms with Gasteiger partial charge in [-0.25, -0.2) is 8.78 Å². The third kappa shape index (κ3) is 4.67. The molecule has 0 aliphatic rings. The minimum atomic E-state index is -0.757. The van der Waals surface area contributed by atoms with Crippen molar-refractivity contribution in [2.75, 3.05) is 5.32 Å². The zero-order valence-corrected chi connectivity index (χ0v) is 11.6. The summed E-state index contributed by atoms with van der Waals surface area (Å²) in [4.78, 5) is 11.7. The highest BCUT2D eigenvalue weighted by molar-refractivity contribution is 5.90. The topological polar surface area (TPSA) is 29.1 Å². The van der Waals surface area contributed by atoms with Crippen molar-refractivity contribution in [2.24, 2.45) is 0 Å². The number of amides is 1. The van der Waals surface area contributed by atoms with Gasteiger partial charge in [0.15, 0.2) is 0 Å². The number of benzene rings is 2. The van der Waals surface area contributed by atoms with Crippen LogP contribution in [0.3, 0.4) is 0 Å². The van der Waals surface area contributed by atoms with Gasteiger partial charge in [0.1, 0.15) is 17.3 Å². The van der Waals surface area contributed by atoms with Gasteiger partial charge in [-0.15, -0.1) is 0 Å². The van der Waals surface area contributed by atoms with Crippen LogP contribution in [0.1, 0.15) is 24.8 Å². The number of anilines is 1. The van der Waals surface area contributed by atoms with E-state index in [0.29, 0.717) is 6.42 Å². The standard InChI is InChI=1S/C17H17F2NO/c18-14-10-6-11-15(19)17(14)20-16(21)12-5-4-9-13-7-2-1-3-8-13/h1-3,6-8,10-11H,4-5,9,12H2,(H,20,21). The third-order valence-corrected chi connectivity index (χ3v) is 3.19. The minimum absolute atomic E-state index is 0.251. The molecule has 0 fully saturated rings. The van der Waals surface area contributed by atoms with Gasteiger partial charge in [-0.05, 0) is 37.0 Å². The summed E-state index contributed by atoms with van der Waals surface area (Å²) in [5.74, 6) is -1.88. The maximum absolute atomic E-state index is 13.4. The summed E-state index contributed by atoms with van der Waals surface area (Å²) in [6, 6.07) is 13.5. The Morgan fingerprint density at radius 2 is 1.57 bits per heavy atom. The Labute approximate surface area is 122 Å². The van der Waals surface area contributed by atoms with Crippen LogP contribution in [-0.2, 0) is 11.2 Å². The summed E-state index contributed by atoms with van der Waals surface area (Å²) in [6.45, 7) is 0. The van der Waals surface area contributed by atoms with Gasteiger partial charge < -0.3 is 5.32 Å². The Balaban J connectivity index is 1.75. The molecule has 2 aromatic rings. The van der Waals surface area contributed by atoms with Gasteiger partial charge in [-0.3, -0.25) is 4.79 Å². The number of carbonyl (C=O) groups is 1. The van der Waals surface area contributed by atoms with E-state index in [-0.39, 0.29) is 18.0 Å². The summed E-state index contributed by atoms with van der Waals surface area (Å²) in [5.41, 5.74) is 0.851. The molecule has 2 aromatic carbocycles. The SMILES string of the molecule is O=C(CCCCc1ccccc1)Nc1c(F)cccc1F. The van der Waals surface area contributed by atoms with Crippen LogP contribution < -0.4 is 5.32 Å². The van der Waals surface area contributed by atoms with Crippen LogP contribution in [0.25, 0.3) is 0 Å². The smallest absolute Gasteiger partial charge is 0.224 e. The lowest BCUT2D eigenvalue weighted by Crippen LogP contribution is -2.13. The molecule has 0 saturated heterocycles. The number of para-hydroxylation sites is 1. The van der Waals surface area contributed by atoms with E-state index in [0.717, 1.165) is 25.0 Å². The summed E-state index contributed by atoms with van der Waals surface area (Å²) in [6.07, 6.45) is 2.68. The van der Waals surface area contributed by atoms with Gasteiger partial charge in [0, 0.05) is 6.42 Å². The zero-order valence-electron chi connectivity index (χ0n) is 11.6. The molecule has 0 bridgehead atoms. The first-order chi connectivity index (χ1) is 10.2. The highest BCUT2D eigenvalue weighted by atomic mass is 19.1. The monoisotopic (exact) mass is 289 g/mol. The molecule has 0 radical (unpaired) electrons. The van der Waals surface area contributed by atoms with Crippen molar-refractivity contribution in [3.8, 4) is 0 Å². The second-order valence-corrected chi connectivity index (χ2v) is 4.84. The molecular weight excluding hydrogens is 272 g/mol. The number of carbonyl (C=O) groups excluding carboxylic acids is 1. The van der Waals surface area contributed by atoms with Crippen LogP contribution in [0.15, 0.2) is 48.5 Å². The van der Waals surface area contributed by atoms with Gasteiger partial charge in [0.2, 0.25) is 5.91 Å². The number of hydrogen-bond donors (Lipinski definition) is 1. The number of aryl methyl sites for hydroxylation is 1. The normalized spacial score (nSPS) is 10.4. The fourth-order valence-corrected chi connectivity index (χ4v) is 2.08. The lowest BCUT2D eigenvalue weighted by molar-refractivity contribution is -0.116. The highest BCUT2D eigenvalue weighted by Gasteiger charge is 2.11. The second kappa shape index (κ2) is 7.53. The van der Waals surface area contributed by atoms with Crippen molar-refractivity contribution >= 4 is 11.6 Å². The quantitative estimate of drug-likeness (QED) is 0.788. The van der Waals surface area contributed by atoms with Crippen molar-refractivity contribution in [1.29, 1.82) is 0 Å². The molecule has 1 N–H and O–H groups in total. The van der Waals surface area contributed by atoms with E-state index in [4.69, 9.17) is 0 Å². The van der Waals surface area contributed by atoms with Crippen LogP contribution in [0.5, 0.6) is 0 Å². The molecule has 2 rings (SSSR count). The molecule has 0 aliphatic heterocycles. The fraction of sp³-hybridized carbons (Fsp3) is 0.235. The number of hydrogen-bond acceptors (Lipinski definition) is 1. The maximum atomic E-state index is 13.4. The lowest BCUT2D eigenvalue weighted by atomic mass is 10.1. The molecule has 0 unspecified atom stereocenters. The van der Waals surface area contributed by atoms with Crippen LogP contribution in [-0.4, -0.2) is 5.91 Å². The first-order valence-electron chi connectivity index (χ1n) is 6.94. The van der Waals surface area contributed by atoms with Crippen molar-refractivity contribution < 1.29 is 13.6 Å². The van der Waals surface area contributed by atoms with Crippen molar-refractivity contribution in [3.63, 3.8) is 0 Å². The lowest BCUT2D eigenvalue weighted by Gasteiger charge is -2.07. The largest absolute Gasteiger partial charge is 0.321 e. The Morgan fingerprint density at radius 3 is 2.24 bits per heavy atom. The highest BCUT2D eigenvalue weighted by Crippen LogP contribution is 2.18. The molecule has 21 heavy (non-hydrogen) atoms. The zero-order chi connectivity index (χ0) is 15.1. The Kier molecular flexibility index (Phi) is 5.43. The van der Waals surface area contributed by atoms with Gasteiger partial charge in [0.05, 0.1) is 0 Å². The molecule has 1 amide bonds. The van der Waals surface area contributed by atoms with Gasteiger partial charge in [-0.1, -0.05) is 36.4 Å². The van der Waals surface area contributed by atoms with Crippen LogP contribution in [0.4, 0.5) is 14.5 Å². The Bertz CT molecular complexity index is 579. The van der Waals surface area contributed by atoms with E-state index in [2.05, 4.69) is 5.32 Å². The average molecular weight is 289 g/mol. The minimum Gasteiger partial charge on any atom is -0.321 e. The summed E-state index contributed by atoms with van der Waals surface area (Å²) < 4.78 is 26.7. The predicted octanol–water partition coefficient (Wildman–Crippen LogP) is 4.32. The van der Waals surface area contributed by atoms with Gasteiger partial charge in [-0.2, -0.15) is 0 Å². The Hall–Kier alpha value is -2.23. The third-order valence-electron chi connectivity index (χ3n) is 3.19. The molecule has 2 nitrogen and oxygen atoms in total. The van der Waals surface area contributed by atoms with E-state index < -0.39 is 11.6 Å². The molecule has 0 atom stereocenters. The molecule has 0 spiro atoms. The summed E-state index contributed by atoms with van der Waals surface area (Å²) >= 11 is 0. The molecule has 4 heteroatoms. The van der Waals surface area contributed by atoms with E-state index in [1.807, 2.05) is 30.3 Å². The first-order valence-corrected chi connectivity index (χ1v) is 6.94. The molecule has 0 heterocycles. The van der Waals surface area contributed by atoms with Crippen molar-refractivity contribution in [2.45, 2.75) is 25.7 Å². The first kappa shape index (κ1) is 15.2. The van der Waals surface area contributed by atoms with Crippen LogP contribution in [0, 0.1) is 11.6 Å². The molecule has 0 aromatic heterocycles. The maximum Gasteiger partial charge on any atom is 0.224 e. The number of unbranched alkanes of at least 4 members (excludes halogenated alkanes) is 1. The summed E-state index contributed by atoms with van der Waals surface area (Å²) in [7, 11) is 0. The van der Waals surface area contributed by atoms with E-state index in [1.54, 1.807) is 0 Å². The summed E-state index contributed by atoms with van der Waals surface area (Å²) in [5, 5.41) is 2.29. The van der Waals surface area contributed by atoms with Gasteiger partial charge in [0.25, 0.3) is 0 Å². The van der Waals surface area contributed by atoms with E-state index >= 15 is 0 Å². The van der Waals surface area contributed by atoms with Crippen LogP contribution >= 0.6 is 0 Å². The molecule has 0 saturated carbocycles. The second-order valence-electron chi connectivity index (χ2n) is 4.84. The predicted molar refractivity (Wildman–Crippen MR) is 79.0 cm³/mol. The molecule has 110 valence electrons. The van der Waals surface area contributed by atoms with Gasteiger partial charge >= 0.3 is 0 Å².